The van der Waals surface area contributed by atoms with Gasteiger partial charge in [0.05, 0.1) is 31.3 Å². The molecular formula is C26H26N5O4P. The summed E-state index contributed by atoms with van der Waals surface area (Å²) in [6, 6.07) is 13.5. The summed E-state index contributed by atoms with van der Waals surface area (Å²) in [6.07, 6.45) is 2.36. The molecule has 6 rings (SSSR count). The second kappa shape index (κ2) is 7.83. The second-order valence-electron chi connectivity index (χ2n) is 9.69. The molecule has 0 saturated heterocycles. The highest BCUT2D eigenvalue weighted by Gasteiger charge is 2.65. The minimum atomic E-state index is -2.51. The topological polar surface area (TPSA) is 118 Å². The number of pyridine rings is 1. The van der Waals surface area contributed by atoms with Gasteiger partial charge in [0.1, 0.15) is 29.8 Å². The molecule has 1 fully saturated rings. The number of aromatic nitrogens is 3. The quantitative estimate of drug-likeness (QED) is 0.335. The van der Waals surface area contributed by atoms with Gasteiger partial charge in [-0.05, 0) is 61.2 Å². The Kier molecular flexibility index (Phi) is 4.92. The van der Waals surface area contributed by atoms with Gasteiger partial charge in [0.15, 0.2) is 5.82 Å². The number of methoxy groups -OCH3 is 2. The van der Waals surface area contributed by atoms with E-state index in [2.05, 4.69) is 37.9 Å². The van der Waals surface area contributed by atoms with E-state index in [1.165, 1.54) is 0 Å². The van der Waals surface area contributed by atoms with Crippen LogP contribution < -0.4 is 25.5 Å². The molecule has 3 heterocycles. The van der Waals surface area contributed by atoms with E-state index >= 15 is 0 Å². The molecule has 9 nitrogen and oxygen atoms in total. The van der Waals surface area contributed by atoms with Crippen LogP contribution in [0.1, 0.15) is 23.5 Å². The van der Waals surface area contributed by atoms with Crippen molar-refractivity contribution in [3.8, 4) is 11.5 Å². The van der Waals surface area contributed by atoms with Crippen LogP contribution in [0.4, 0.5) is 17.2 Å². The van der Waals surface area contributed by atoms with Gasteiger partial charge in [0.25, 0.3) is 0 Å². The van der Waals surface area contributed by atoms with Crippen molar-refractivity contribution in [1.29, 1.82) is 0 Å². The molecule has 3 N–H and O–H groups in total. The molecule has 1 spiro atoms. The molecule has 10 heteroatoms. The highest BCUT2D eigenvalue weighted by atomic mass is 31.2. The SMILES string of the molecule is COc1ccc2c(c1)[C@]1(C[C@H]1c1ccc3c(Nc4cnc(P(C)(C)=O)cc4OC)n[nH]c3c1)C(=O)N2. The first-order valence-electron chi connectivity index (χ1n) is 11.6. The second-order valence-corrected chi connectivity index (χ2v) is 12.8. The Bertz CT molecular complexity index is 1590. The number of anilines is 3. The predicted molar refractivity (Wildman–Crippen MR) is 140 cm³/mol. The summed E-state index contributed by atoms with van der Waals surface area (Å²) in [5, 5.41) is 14.7. The zero-order valence-corrected chi connectivity index (χ0v) is 21.3. The molecule has 1 saturated carbocycles. The third kappa shape index (κ3) is 3.38. The number of H-pyrrole nitrogens is 1. The average Bonchev–Trinajstić information content (AvgIpc) is 3.42. The van der Waals surface area contributed by atoms with Gasteiger partial charge >= 0.3 is 0 Å². The number of benzene rings is 2. The number of ether oxygens (including phenoxy) is 2. The maximum Gasteiger partial charge on any atom is 0.235 e. The summed E-state index contributed by atoms with van der Waals surface area (Å²) in [6.45, 7) is 3.35. The van der Waals surface area contributed by atoms with Crippen molar-refractivity contribution < 1.29 is 18.8 Å². The first kappa shape index (κ1) is 22.6. The van der Waals surface area contributed by atoms with Gasteiger partial charge in [-0.15, -0.1) is 0 Å². The maximum atomic E-state index is 13.0. The number of nitrogens with zero attached hydrogens (tertiary/aromatic N) is 2. The number of carbonyl (C=O) groups is 1. The number of carbonyl (C=O) groups excluding carboxylic acids is 1. The normalized spacial score (nSPS) is 20.3. The lowest BCUT2D eigenvalue weighted by Gasteiger charge is -2.13. The number of aromatic amines is 1. The summed E-state index contributed by atoms with van der Waals surface area (Å²) in [4.78, 5) is 17.4. The largest absolute Gasteiger partial charge is 0.497 e. The molecule has 4 aromatic rings. The monoisotopic (exact) mass is 503 g/mol. The standard InChI is InChI=1S/C26H26N5O4P/c1-34-15-6-8-19-17(10-15)26(25(32)29-19)12-18(26)14-5-7-16-20(9-14)30-31-24(16)28-21-13-27-23(36(3,4)33)11-22(21)35-2/h5-11,13,18H,12H2,1-4H3,(H,29,32)(H2,28,30,31)/t18-,26-/m0/s1. The molecule has 2 atom stereocenters. The number of amides is 1. The van der Waals surface area contributed by atoms with Crippen LogP contribution >= 0.6 is 7.14 Å². The van der Waals surface area contributed by atoms with Gasteiger partial charge < -0.3 is 24.7 Å². The summed E-state index contributed by atoms with van der Waals surface area (Å²) < 4.78 is 23.3. The first-order valence-corrected chi connectivity index (χ1v) is 14.2. The van der Waals surface area contributed by atoms with E-state index in [-0.39, 0.29) is 11.8 Å². The van der Waals surface area contributed by atoms with Crippen molar-refractivity contribution in [2.24, 2.45) is 0 Å². The molecule has 184 valence electrons. The fraction of sp³-hybridized carbons (Fsp3) is 0.269. The molecular weight excluding hydrogens is 477 g/mol. The van der Waals surface area contributed by atoms with E-state index in [0.29, 0.717) is 22.7 Å². The van der Waals surface area contributed by atoms with Crippen LogP contribution in [-0.4, -0.2) is 48.6 Å². The molecule has 0 unspecified atom stereocenters. The smallest absolute Gasteiger partial charge is 0.235 e. The molecule has 0 bridgehead atoms. The number of hydrogen-bond acceptors (Lipinski definition) is 7. The van der Waals surface area contributed by atoms with Crippen molar-refractivity contribution >= 4 is 46.6 Å². The van der Waals surface area contributed by atoms with E-state index in [1.807, 2.05) is 24.3 Å². The van der Waals surface area contributed by atoms with Crippen LogP contribution in [0.3, 0.4) is 0 Å². The van der Waals surface area contributed by atoms with E-state index in [4.69, 9.17) is 9.47 Å². The predicted octanol–water partition coefficient (Wildman–Crippen LogP) is 4.34. The van der Waals surface area contributed by atoms with Gasteiger partial charge in [-0.25, -0.2) is 0 Å². The first-order chi connectivity index (χ1) is 17.2. The number of hydrogen-bond donors (Lipinski definition) is 3. The van der Waals surface area contributed by atoms with Crippen LogP contribution in [0, 0.1) is 0 Å². The van der Waals surface area contributed by atoms with Crippen LogP contribution in [0.2, 0.25) is 0 Å². The maximum absolute atomic E-state index is 13.0. The fourth-order valence-corrected chi connectivity index (χ4v) is 5.92. The zero-order valence-electron chi connectivity index (χ0n) is 20.4. The number of nitrogens with one attached hydrogen (secondary N) is 3. The highest BCUT2D eigenvalue weighted by Crippen LogP contribution is 2.65. The summed E-state index contributed by atoms with van der Waals surface area (Å²) in [7, 11) is 0.681. The van der Waals surface area contributed by atoms with Crippen LogP contribution in [0.25, 0.3) is 10.9 Å². The Morgan fingerprint density at radius 1 is 1.11 bits per heavy atom. The third-order valence-corrected chi connectivity index (χ3v) is 8.54. The highest BCUT2D eigenvalue weighted by molar-refractivity contribution is 7.69. The Morgan fingerprint density at radius 2 is 1.94 bits per heavy atom. The molecule has 2 aromatic heterocycles. The lowest BCUT2D eigenvalue weighted by atomic mass is 9.91. The molecule has 1 aliphatic heterocycles. The molecule has 2 aromatic carbocycles. The lowest BCUT2D eigenvalue weighted by Crippen LogP contribution is -2.21. The Labute approximate surface area is 208 Å². The van der Waals surface area contributed by atoms with Crippen molar-refractivity contribution in [2.45, 2.75) is 17.8 Å². The van der Waals surface area contributed by atoms with Gasteiger partial charge in [-0.3, -0.25) is 14.9 Å². The number of fused-ring (bicyclic) bond motifs is 3. The average molecular weight is 503 g/mol. The zero-order chi connectivity index (χ0) is 25.2. The van der Waals surface area contributed by atoms with Crippen LogP contribution in [0.5, 0.6) is 11.5 Å². The van der Waals surface area contributed by atoms with Crippen LogP contribution in [0.15, 0.2) is 48.7 Å². The van der Waals surface area contributed by atoms with E-state index in [9.17, 15) is 9.36 Å². The van der Waals surface area contributed by atoms with E-state index < -0.39 is 12.6 Å². The van der Waals surface area contributed by atoms with Crippen molar-refractivity contribution in [3.63, 3.8) is 0 Å². The lowest BCUT2D eigenvalue weighted by molar-refractivity contribution is -0.118. The van der Waals surface area contributed by atoms with Gasteiger partial charge in [0.2, 0.25) is 5.91 Å². The van der Waals surface area contributed by atoms with Gasteiger partial charge in [-0.2, -0.15) is 5.10 Å². The minimum absolute atomic E-state index is 0.0366. The number of rotatable bonds is 6. The minimum Gasteiger partial charge on any atom is -0.497 e. The Morgan fingerprint density at radius 3 is 2.69 bits per heavy atom. The molecule has 1 amide bonds. The Hall–Kier alpha value is -3.84. The molecule has 0 radical (unpaired) electrons. The molecule has 2 aliphatic rings. The summed E-state index contributed by atoms with van der Waals surface area (Å²) in [5.41, 5.74) is 4.36. The van der Waals surface area contributed by atoms with E-state index in [0.717, 1.165) is 39.9 Å². The molecule has 1 aliphatic carbocycles. The third-order valence-electron chi connectivity index (χ3n) is 7.19. The van der Waals surface area contributed by atoms with Crippen molar-refractivity contribution in [1.82, 2.24) is 15.2 Å². The fourth-order valence-electron chi connectivity index (χ4n) is 5.16. The summed E-state index contributed by atoms with van der Waals surface area (Å²) >= 11 is 0. The van der Waals surface area contributed by atoms with Gasteiger partial charge in [0, 0.05) is 23.1 Å². The van der Waals surface area contributed by atoms with Gasteiger partial charge in [-0.1, -0.05) is 6.07 Å². The summed E-state index contributed by atoms with van der Waals surface area (Å²) in [5.74, 6) is 2.02. The molecule has 36 heavy (non-hydrogen) atoms. The van der Waals surface area contributed by atoms with E-state index in [1.54, 1.807) is 39.8 Å². The Balaban J connectivity index is 1.30. The van der Waals surface area contributed by atoms with Crippen molar-refractivity contribution in [3.05, 3.63) is 59.8 Å². The van der Waals surface area contributed by atoms with Crippen LogP contribution in [-0.2, 0) is 14.8 Å². The van der Waals surface area contributed by atoms with Crippen molar-refractivity contribution in [2.75, 3.05) is 38.2 Å².